The Labute approximate surface area is 213 Å². The minimum atomic E-state index is -0.281. The Balaban J connectivity index is 1.75. The van der Waals surface area contributed by atoms with Gasteiger partial charge in [0.15, 0.2) is 0 Å². The molecule has 4 N–H and O–H groups in total. The lowest BCUT2D eigenvalue weighted by Crippen LogP contribution is -2.08. The third-order valence-electron chi connectivity index (χ3n) is 6.18. The van der Waals surface area contributed by atoms with Crippen molar-refractivity contribution in [3.05, 3.63) is 71.8 Å². The van der Waals surface area contributed by atoms with Crippen molar-refractivity contribution >= 4 is 46.0 Å². The number of pyridine rings is 1. The van der Waals surface area contributed by atoms with Crippen LogP contribution in [0.5, 0.6) is 0 Å². The van der Waals surface area contributed by atoms with Crippen molar-refractivity contribution in [1.82, 2.24) is 19.7 Å². The molecule has 9 heteroatoms. The summed E-state index contributed by atoms with van der Waals surface area (Å²) in [4.78, 5) is 24.7. The predicted octanol–water partition coefficient (Wildman–Crippen LogP) is 5.25. The standard InChI is InChI=1S/C27H26ClN7O/c1-4-22(36)33-21-9-16(6-5-15(21)2)23-24-25(28)20(17(10-29)11-30-19-7-8-19)13-31-27(24)34-26(23)18-12-32-35(3)14-18/h4-6,9-14,19H,1,7-8,29H2,2-3H3,(H,31,34)(H,33,36)/b17-10+,30-11?. The molecule has 3 aromatic heterocycles. The summed E-state index contributed by atoms with van der Waals surface area (Å²) in [6, 6.07) is 6.24. The van der Waals surface area contributed by atoms with E-state index in [0.717, 1.165) is 46.2 Å². The van der Waals surface area contributed by atoms with Gasteiger partial charge in [0.1, 0.15) is 5.65 Å². The molecule has 182 valence electrons. The lowest BCUT2D eigenvalue weighted by molar-refractivity contribution is -0.111. The van der Waals surface area contributed by atoms with Crippen LogP contribution in [-0.4, -0.2) is 37.9 Å². The van der Waals surface area contributed by atoms with Gasteiger partial charge >= 0.3 is 0 Å². The molecule has 8 nitrogen and oxygen atoms in total. The largest absolute Gasteiger partial charge is 0.404 e. The topological polar surface area (TPSA) is 114 Å². The van der Waals surface area contributed by atoms with Gasteiger partial charge in [-0.1, -0.05) is 30.3 Å². The molecule has 1 saturated carbocycles. The van der Waals surface area contributed by atoms with Crippen LogP contribution in [0.3, 0.4) is 0 Å². The number of amides is 1. The van der Waals surface area contributed by atoms with Gasteiger partial charge in [-0.15, -0.1) is 0 Å². The Morgan fingerprint density at radius 2 is 2.14 bits per heavy atom. The second kappa shape index (κ2) is 9.47. The quantitative estimate of drug-likeness (QED) is 0.238. The maximum absolute atomic E-state index is 12.0. The van der Waals surface area contributed by atoms with Crippen LogP contribution in [0.15, 0.2) is 60.6 Å². The number of benzene rings is 1. The number of nitrogens with zero attached hydrogens (tertiary/aromatic N) is 4. The van der Waals surface area contributed by atoms with Gasteiger partial charge in [-0.2, -0.15) is 5.10 Å². The summed E-state index contributed by atoms with van der Waals surface area (Å²) in [5, 5.41) is 8.48. The average Bonchev–Trinajstić information content (AvgIpc) is 3.47. The first kappa shape index (κ1) is 23.6. The normalized spacial score (nSPS) is 14.0. The van der Waals surface area contributed by atoms with Crippen molar-refractivity contribution in [3.63, 3.8) is 0 Å². The molecular weight excluding hydrogens is 474 g/mol. The van der Waals surface area contributed by atoms with Gasteiger partial charge in [0.25, 0.3) is 0 Å². The number of halogens is 1. The molecule has 0 atom stereocenters. The fraction of sp³-hybridized carbons (Fsp3) is 0.185. The van der Waals surface area contributed by atoms with E-state index in [-0.39, 0.29) is 5.91 Å². The summed E-state index contributed by atoms with van der Waals surface area (Å²) in [6.45, 7) is 5.49. The number of hydrogen-bond donors (Lipinski definition) is 3. The van der Waals surface area contributed by atoms with Crippen LogP contribution in [0.2, 0.25) is 5.02 Å². The zero-order valence-corrected chi connectivity index (χ0v) is 20.8. The number of hydrogen-bond acceptors (Lipinski definition) is 5. The number of allylic oxidation sites excluding steroid dienone is 1. The number of nitrogens with two attached hydrogens (primary N) is 1. The third kappa shape index (κ3) is 4.43. The molecule has 1 aliphatic rings. The number of carbonyl (C=O) groups excluding carboxylic acids is 1. The van der Waals surface area contributed by atoms with E-state index in [4.69, 9.17) is 17.3 Å². The Hall–Kier alpha value is -4.17. The molecule has 0 bridgehead atoms. The van der Waals surface area contributed by atoms with E-state index in [1.54, 1.807) is 23.3 Å². The molecule has 1 aliphatic carbocycles. The van der Waals surface area contributed by atoms with Crippen LogP contribution in [0.1, 0.15) is 24.0 Å². The molecule has 0 radical (unpaired) electrons. The minimum absolute atomic E-state index is 0.281. The Bertz CT molecular complexity index is 1560. The van der Waals surface area contributed by atoms with Crippen molar-refractivity contribution in [3.8, 4) is 22.4 Å². The molecule has 1 fully saturated rings. The van der Waals surface area contributed by atoms with Crippen molar-refractivity contribution in [1.29, 1.82) is 0 Å². The highest BCUT2D eigenvalue weighted by atomic mass is 35.5. The van der Waals surface area contributed by atoms with Gasteiger partial charge in [-0.05, 0) is 43.0 Å². The number of anilines is 1. The van der Waals surface area contributed by atoms with Gasteiger partial charge in [0, 0.05) is 65.2 Å². The summed E-state index contributed by atoms with van der Waals surface area (Å²) in [5.74, 6) is -0.281. The molecule has 0 spiro atoms. The number of nitrogens with one attached hydrogen (secondary N) is 2. The second-order valence-corrected chi connectivity index (χ2v) is 9.22. The van der Waals surface area contributed by atoms with E-state index >= 15 is 0 Å². The van der Waals surface area contributed by atoms with E-state index < -0.39 is 0 Å². The van der Waals surface area contributed by atoms with Gasteiger partial charge in [-0.25, -0.2) is 4.98 Å². The first-order valence-corrected chi connectivity index (χ1v) is 12.0. The predicted molar refractivity (Wildman–Crippen MR) is 146 cm³/mol. The Morgan fingerprint density at radius 3 is 2.81 bits per heavy atom. The summed E-state index contributed by atoms with van der Waals surface area (Å²) in [5.41, 5.74) is 13.0. The van der Waals surface area contributed by atoms with Crippen LogP contribution in [0, 0.1) is 6.92 Å². The summed E-state index contributed by atoms with van der Waals surface area (Å²) >= 11 is 7.06. The lowest BCUT2D eigenvalue weighted by atomic mass is 9.97. The van der Waals surface area contributed by atoms with Crippen molar-refractivity contribution in [2.45, 2.75) is 25.8 Å². The molecule has 0 aliphatic heterocycles. The molecule has 36 heavy (non-hydrogen) atoms. The summed E-state index contributed by atoms with van der Waals surface area (Å²) in [6.07, 6.45) is 12.1. The van der Waals surface area contributed by atoms with Crippen molar-refractivity contribution in [2.24, 2.45) is 17.8 Å². The van der Waals surface area contributed by atoms with Crippen LogP contribution < -0.4 is 11.1 Å². The summed E-state index contributed by atoms with van der Waals surface area (Å²) < 4.78 is 1.74. The number of H-pyrrole nitrogens is 1. The minimum Gasteiger partial charge on any atom is -0.404 e. The SMILES string of the molecule is C=CC(=O)Nc1cc(-c2c(-c3cnn(C)c3)[nH]c3ncc(/C(C=NC4CC4)=C/N)c(Cl)c23)ccc1C. The number of rotatable bonds is 7. The number of carbonyl (C=O) groups is 1. The maximum Gasteiger partial charge on any atom is 0.247 e. The van der Waals surface area contributed by atoms with E-state index in [0.29, 0.717) is 33.5 Å². The number of fused-ring (bicyclic) bond motifs is 1. The molecule has 5 rings (SSSR count). The van der Waals surface area contributed by atoms with Gasteiger partial charge in [0.05, 0.1) is 23.0 Å². The van der Waals surface area contributed by atoms with Crippen LogP contribution in [-0.2, 0) is 11.8 Å². The van der Waals surface area contributed by atoms with Crippen LogP contribution in [0.25, 0.3) is 39.0 Å². The Kier molecular flexibility index (Phi) is 6.20. The van der Waals surface area contributed by atoms with Gasteiger partial charge in [0.2, 0.25) is 5.91 Å². The molecule has 0 saturated heterocycles. The van der Waals surface area contributed by atoms with Crippen molar-refractivity contribution in [2.75, 3.05) is 5.32 Å². The first-order valence-electron chi connectivity index (χ1n) is 11.6. The lowest BCUT2D eigenvalue weighted by Gasteiger charge is -2.12. The molecule has 3 heterocycles. The molecule has 1 aromatic carbocycles. The highest BCUT2D eigenvalue weighted by Gasteiger charge is 2.23. The van der Waals surface area contributed by atoms with E-state index in [1.165, 1.54) is 12.3 Å². The van der Waals surface area contributed by atoms with Gasteiger partial charge < -0.3 is 16.0 Å². The maximum atomic E-state index is 12.0. The van der Waals surface area contributed by atoms with E-state index in [1.807, 2.05) is 38.4 Å². The molecule has 0 unspecified atom stereocenters. The zero-order chi connectivity index (χ0) is 25.4. The van der Waals surface area contributed by atoms with Gasteiger partial charge in [-0.3, -0.25) is 14.5 Å². The third-order valence-corrected chi connectivity index (χ3v) is 6.58. The molecular formula is C27H26ClN7O. The first-order chi connectivity index (χ1) is 17.4. The molecule has 4 aromatic rings. The van der Waals surface area contributed by atoms with Crippen molar-refractivity contribution < 1.29 is 4.79 Å². The Morgan fingerprint density at radius 1 is 1.33 bits per heavy atom. The average molecular weight is 500 g/mol. The monoisotopic (exact) mass is 499 g/mol. The highest BCUT2D eigenvalue weighted by molar-refractivity contribution is 6.39. The summed E-state index contributed by atoms with van der Waals surface area (Å²) in [7, 11) is 1.86. The number of aryl methyl sites for hydroxylation is 2. The smallest absolute Gasteiger partial charge is 0.247 e. The number of aliphatic imine (C=N–C) groups is 1. The number of aromatic nitrogens is 4. The molecule has 1 amide bonds. The van der Waals surface area contributed by atoms with Crippen LogP contribution >= 0.6 is 11.6 Å². The highest BCUT2D eigenvalue weighted by Crippen LogP contribution is 2.43. The fourth-order valence-electron chi connectivity index (χ4n) is 4.08. The van der Waals surface area contributed by atoms with Crippen LogP contribution in [0.4, 0.5) is 5.69 Å². The van der Waals surface area contributed by atoms with E-state index in [2.05, 4.69) is 32.0 Å². The van der Waals surface area contributed by atoms with E-state index in [9.17, 15) is 4.79 Å². The second-order valence-electron chi connectivity index (χ2n) is 8.84. The number of aromatic amines is 1. The zero-order valence-electron chi connectivity index (χ0n) is 20.0. The fourth-order valence-corrected chi connectivity index (χ4v) is 4.42.